The number of nitrogens with one attached hydrogen (secondary N) is 1. The van der Waals surface area contributed by atoms with E-state index in [1.807, 2.05) is 0 Å². The summed E-state index contributed by atoms with van der Waals surface area (Å²) in [6.45, 7) is 1.59. The molecular formula is C11H15ClN2O2. The summed E-state index contributed by atoms with van der Waals surface area (Å²) in [6.07, 6.45) is 1.31. The Bertz CT molecular complexity index is 378. The van der Waals surface area contributed by atoms with Gasteiger partial charge in [-0.1, -0.05) is 11.6 Å². The molecule has 0 aromatic carbocycles. The van der Waals surface area contributed by atoms with Crippen molar-refractivity contribution >= 4 is 11.6 Å². The highest BCUT2D eigenvalue weighted by Crippen LogP contribution is 2.32. The number of halogens is 1. The molecule has 0 amide bonds. The molecular weight excluding hydrogens is 228 g/mol. The zero-order valence-electron chi connectivity index (χ0n) is 9.16. The molecule has 1 aliphatic rings. The Morgan fingerprint density at radius 3 is 2.69 bits per heavy atom. The van der Waals surface area contributed by atoms with Gasteiger partial charge in [0.2, 0.25) is 0 Å². The molecule has 5 heteroatoms. The molecule has 0 unspecified atom stereocenters. The summed E-state index contributed by atoms with van der Waals surface area (Å²) < 4.78 is 5.03. The van der Waals surface area contributed by atoms with Crippen LogP contribution in [0.3, 0.4) is 0 Å². The molecule has 0 atom stereocenters. The van der Waals surface area contributed by atoms with Crippen molar-refractivity contribution in [2.24, 2.45) is 0 Å². The predicted molar refractivity (Wildman–Crippen MR) is 61.8 cm³/mol. The summed E-state index contributed by atoms with van der Waals surface area (Å²) in [6, 6.07) is 3.51. The largest absolute Gasteiger partial charge is 0.494 e. The Labute approximate surface area is 99.6 Å². The number of aliphatic hydroxyl groups is 1. The van der Waals surface area contributed by atoms with E-state index in [4.69, 9.17) is 16.3 Å². The third kappa shape index (κ3) is 2.14. The maximum absolute atomic E-state index is 10.4. The smallest absolute Gasteiger partial charge is 0.171 e. The van der Waals surface area contributed by atoms with Crippen LogP contribution in [0.4, 0.5) is 0 Å². The van der Waals surface area contributed by atoms with Gasteiger partial charge in [-0.05, 0) is 38.1 Å². The summed E-state index contributed by atoms with van der Waals surface area (Å²) in [5.74, 6) is 0.531. The molecule has 88 valence electrons. The van der Waals surface area contributed by atoms with Gasteiger partial charge in [0.05, 0.1) is 12.8 Å². The van der Waals surface area contributed by atoms with Crippen molar-refractivity contribution in [2.75, 3.05) is 20.2 Å². The van der Waals surface area contributed by atoms with Gasteiger partial charge in [0.1, 0.15) is 5.60 Å². The zero-order chi connectivity index (χ0) is 11.6. The molecule has 4 nitrogen and oxygen atoms in total. The van der Waals surface area contributed by atoms with E-state index in [1.165, 1.54) is 0 Å². The topological polar surface area (TPSA) is 54.4 Å². The number of nitrogens with zero attached hydrogens (tertiary/aromatic N) is 1. The molecule has 2 rings (SSSR count). The SMILES string of the molecule is COc1ccc(C2(O)CCNCC2)nc1Cl. The number of ether oxygens (including phenoxy) is 1. The van der Waals surface area contributed by atoms with Gasteiger partial charge in [0.25, 0.3) is 0 Å². The Balaban J connectivity index is 2.29. The zero-order valence-corrected chi connectivity index (χ0v) is 9.92. The van der Waals surface area contributed by atoms with Crippen LogP contribution in [0, 0.1) is 0 Å². The Hall–Kier alpha value is -0.840. The van der Waals surface area contributed by atoms with E-state index in [2.05, 4.69) is 10.3 Å². The van der Waals surface area contributed by atoms with E-state index in [-0.39, 0.29) is 0 Å². The van der Waals surface area contributed by atoms with Gasteiger partial charge in [-0.25, -0.2) is 4.98 Å². The van der Waals surface area contributed by atoms with Crippen molar-refractivity contribution in [1.29, 1.82) is 0 Å². The molecule has 2 N–H and O–H groups in total. The summed E-state index contributed by atoms with van der Waals surface area (Å²) in [7, 11) is 1.54. The first-order valence-corrected chi connectivity index (χ1v) is 5.68. The maximum Gasteiger partial charge on any atom is 0.171 e. The molecule has 0 saturated carbocycles. The van der Waals surface area contributed by atoms with Crippen LogP contribution in [0.25, 0.3) is 0 Å². The van der Waals surface area contributed by atoms with E-state index in [0.29, 0.717) is 29.4 Å². The molecule has 0 bridgehead atoms. The lowest BCUT2D eigenvalue weighted by atomic mass is 9.89. The second kappa shape index (κ2) is 4.57. The highest BCUT2D eigenvalue weighted by atomic mass is 35.5. The second-order valence-corrected chi connectivity index (χ2v) is 4.33. The van der Waals surface area contributed by atoms with E-state index in [0.717, 1.165) is 13.1 Å². The summed E-state index contributed by atoms with van der Waals surface area (Å²) >= 11 is 5.95. The number of pyridine rings is 1. The lowest BCUT2D eigenvalue weighted by Gasteiger charge is -2.32. The lowest BCUT2D eigenvalue weighted by molar-refractivity contribution is 0.00183. The molecule has 1 aromatic rings. The number of piperidine rings is 1. The van der Waals surface area contributed by atoms with E-state index < -0.39 is 5.60 Å². The molecule has 2 heterocycles. The van der Waals surface area contributed by atoms with Gasteiger partial charge >= 0.3 is 0 Å². The van der Waals surface area contributed by atoms with E-state index in [9.17, 15) is 5.11 Å². The van der Waals surface area contributed by atoms with Gasteiger partial charge in [-0.15, -0.1) is 0 Å². The fourth-order valence-electron chi connectivity index (χ4n) is 1.93. The van der Waals surface area contributed by atoms with Crippen LogP contribution in [0.15, 0.2) is 12.1 Å². The molecule has 1 fully saturated rings. The molecule has 0 radical (unpaired) electrons. The first-order chi connectivity index (χ1) is 7.65. The Kier molecular flexibility index (Phi) is 3.33. The monoisotopic (exact) mass is 242 g/mol. The molecule has 1 aliphatic heterocycles. The molecule has 0 aliphatic carbocycles. The fourth-order valence-corrected chi connectivity index (χ4v) is 2.16. The number of hydrogen-bond acceptors (Lipinski definition) is 4. The number of hydrogen-bond donors (Lipinski definition) is 2. The molecule has 0 spiro atoms. The average Bonchev–Trinajstić information content (AvgIpc) is 2.30. The van der Waals surface area contributed by atoms with Gasteiger partial charge in [-0.3, -0.25) is 0 Å². The maximum atomic E-state index is 10.4. The van der Waals surface area contributed by atoms with Crippen molar-refractivity contribution in [2.45, 2.75) is 18.4 Å². The minimum absolute atomic E-state index is 0.298. The van der Waals surface area contributed by atoms with Crippen molar-refractivity contribution < 1.29 is 9.84 Å². The summed E-state index contributed by atoms with van der Waals surface area (Å²) in [5, 5.41) is 13.9. The summed E-state index contributed by atoms with van der Waals surface area (Å²) in [4.78, 5) is 4.20. The van der Waals surface area contributed by atoms with Crippen LogP contribution in [-0.2, 0) is 5.60 Å². The lowest BCUT2D eigenvalue weighted by Crippen LogP contribution is -2.40. The first-order valence-electron chi connectivity index (χ1n) is 5.30. The first kappa shape index (κ1) is 11.6. The molecule has 1 saturated heterocycles. The Morgan fingerprint density at radius 1 is 1.44 bits per heavy atom. The van der Waals surface area contributed by atoms with Gasteiger partial charge in [0, 0.05) is 0 Å². The van der Waals surface area contributed by atoms with Crippen LogP contribution < -0.4 is 10.1 Å². The standard InChI is InChI=1S/C11H15ClN2O2/c1-16-8-2-3-9(14-10(8)12)11(15)4-6-13-7-5-11/h2-3,13,15H,4-7H2,1H3. The van der Waals surface area contributed by atoms with Gasteiger partial charge in [-0.2, -0.15) is 0 Å². The highest BCUT2D eigenvalue weighted by molar-refractivity contribution is 6.30. The predicted octanol–water partition coefficient (Wildman–Crippen LogP) is 1.31. The van der Waals surface area contributed by atoms with Crippen LogP contribution in [0.1, 0.15) is 18.5 Å². The molecule has 16 heavy (non-hydrogen) atoms. The quantitative estimate of drug-likeness (QED) is 0.768. The van der Waals surface area contributed by atoms with Gasteiger partial charge in [0.15, 0.2) is 10.9 Å². The van der Waals surface area contributed by atoms with Gasteiger partial charge < -0.3 is 15.2 Å². The Morgan fingerprint density at radius 2 is 2.12 bits per heavy atom. The average molecular weight is 243 g/mol. The normalized spacial score (nSPS) is 19.4. The van der Waals surface area contributed by atoms with Crippen LogP contribution in [0.2, 0.25) is 5.15 Å². The minimum atomic E-state index is -0.860. The highest BCUT2D eigenvalue weighted by Gasteiger charge is 2.32. The van der Waals surface area contributed by atoms with Crippen LogP contribution in [-0.4, -0.2) is 30.3 Å². The fraction of sp³-hybridized carbons (Fsp3) is 0.545. The number of rotatable bonds is 2. The van der Waals surface area contributed by atoms with Crippen LogP contribution in [0.5, 0.6) is 5.75 Å². The van der Waals surface area contributed by atoms with Crippen LogP contribution >= 0.6 is 11.6 Å². The minimum Gasteiger partial charge on any atom is -0.494 e. The van der Waals surface area contributed by atoms with E-state index >= 15 is 0 Å². The van der Waals surface area contributed by atoms with E-state index in [1.54, 1.807) is 19.2 Å². The van der Waals surface area contributed by atoms with Crippen molar-refractivity contribution in [3.05, 3.63) is 23.0 Å². The molecule has 1 aromatic heterocycles. The second-order valence-electron chi connectivity index (χ2n) is 3.97. The number of aromatic nitrogens is 1. The number of methoxy groups -OCH3 is 1. The summed E-state index contributed by atoms with van der Waals surface area (Å²) in [5.41, 5.74) is -0.235. The third-order valence-corrected chi connectivity index (χ3v) is 3.21. The van der Waals surface area contributed by atoms with Crippen molar-refractivity contribution in [3.63, 3.8) is 0 Å². The third-order valence-electron chi connectivity index (χ3n) is 2.94. The van der Waals surface area contributed by atoms with Crippen molar-refractivity contribution in [1.82, 2.24) is 10.3 Å². The van der Waals surface area contributed by atoms with Crippen molar-refractivity contribution in [3.8, 4) is 5.75 Å².